The molecule has 0 radical (unpaired) electrons. The molecule has 1 aliphatic heterocycles. The van der Waals surface area contributed by atoms with Crippen LogP contribution in [0.25, 0.3) is 5.52 Å². The summed E-state index contributed by atoms with van der Waals surface area (Å²) in [5.41, 5.74) is 8.00. The Morgan fingerprint density at radius 1 is 1.47 bits per heavy atom. The van der Waals surface area contributed by atoms with Crippen molar-refractivity contribution in [3.63, 3.8) is 0 Å². The summed E-state index contributed by atoms with van der Waals surface area (Å²) in [5.74, 6) is 1.70. The standard InChI is InChI=1S/C13H18N4/c14-6-10-3-4-12-8-16-13(17(12)9-10)11-2-1-5-15-7-11/h3-4,8-9,11,15H,1-2,5-7,14H2. The van der Waals surface area contributed by atoms with Gasteiger partial charge in [0.2, 0.25) is 0 Å². The van der Waals surface area contributed by atoms with Gasteiger partial charge in [0, 0.05) is 25.2 Å². The molecule has 3 heterocycles. The number of imidazole rings is 1. The van der Waals surface area contributed by atoms with E-state index in [0.29, 0.717) is 12.5 Å². The maximum absolute atomic E-state index is 5.69. The van der Waals surface area contributed by atoms with Crippen LogP contribution in [-0.2, 0) is 6.54 Å². The number of piperidine rings is 1. The van der Waals surface area contributed by atoms with E-state index in [4.69, 9.17) is 5.73 Å². The largest absolute Gasteiger partial charge is 0.326 e. The van der Waals surface area contributed by atoms with Crippen molar-refractivity contribution in [2.75, 3.05) is 13.1 Å². The number of rotatable bonds is 2. The first-order valence-electron chi connectivity index (χ1n) is 6.25. The van der Waals surface area contributed by atoms with Crippen molar-refractivity contribution < 1.29 is 0 Å². The van der Waals surface area contributed by atoms with Gasteiger partial charge in [-0.15, -0.1) is 0 Å². The molecule has 0 spiro atoms. The van der Waals surface area contributed by atoms with Gasteiger partial charge in [-0.3, -0.25) is 0 Å². The number of hydrogen-bond donors (Lipinski definition) is 2. The van der Waals surface area contributed by atoms with Crippen molar-refractivity contribution in [3.8, 4) is 0 Å². The Morgan fingerprint density at radius 2 is 2.41 bits per heavy atom. The van der Waals surface area contributed by atoms with Crippen LogP contribution >= 0.6 is 0 Å². The molecule has 0 amide bonds. The highest BCUT2D eigenvalue weighted by Gasteiger charge is 2.19. The molecule has 2 aromatic heterocycles. The third-order valence-corrected chi connectivity index (χ3v) is 3.51. The van der Waals surface area contributed by atoms with Gasteiger partial charge in [0.05, 0.1) is 11.7 Å². The van der Waals surface area contributed by atoms with Crippen LogP contribution in [0.4, 0.5) is 0 Å². The fraction of sp³-hybridized carbons (Fsp3) is 0.462. The SMILES string of the molecule is NCc1ccc2cnc(C3CCCNC3)n2c1. The Bertz CT molecular complexity index is 511. The first-order valence-corrected chi connectivity index (χ1v) is 6.25. The van der Waals surface area contributed by atoms with Crippen LogP contribution in [0, 0.1) is 0 Å². The molecule has 0 aromatic carbocycles. The number of pyridine rings is 1. The van der Waals surface area contributed by atoms with Gasteiger partial charge in [-0.05, 0) is 31.0 Å². The average molecular weight is 230 g/mol. The van der Waals surface area contributed by atoms with E-state index in [-0.39, 0.29) is 0 Å². The summed E-state index contributed by atoms with van der Waals surface area (Å²) in [7, 11) is 0. The second-order valence-electron chi connectivity index (χ2n) is 4.70. The maximum Gasteiger partial charge on any atom is 0.117 e. The molecule has 1 saturated heterocycles. The smallest absolute Gasteiger partial charge is 0.117 e. The topological polar surface area (TPSA) is 55.3 Å². The zero-order valence-electron chi connectivity index (χ0n) is 9.89. The van der Waals surface area contributed by atoms with Gasteiger partial charge >= 0.3 is 0 Å². The molecule has 3 N–H and O–H groups in total. The minimum Gasteiger partial charge on any atom is -0.326 e. The van der Waals surface area contributed by atoms with Crippen LogP contribution in [-0.4, -0.2) is 22.5 Å². The molecule has 1 atom stereocenters. The predicted molar refractivity (Wildman–Crippen MR) is 67.9 cm³/mol. The quantitative estimate of drug-likeness (QED) is 0.816. The highest BCUT2D eigenvalue weighted by Crippen LogP contribution is 2.23. The van der Waals surface area contributed by atoms with Gasteiger partial charge in [-0.1, -0.05) is 6.07 Å². The molecule has 0 aliphatic carbocycles. The van der Waals surface area contributed by atoms with E-state index < -0.39 is 0 Å². The molecule has 0 saturated carbocycles. The van der Waals surface area contributed by atoms with E-state index in [2.05, 4.69) is 33.0 Å². The van der Waals surface area contributed by atoms with Crippen molar-refractivity contribution >= 4 is 5.52 Å². The van der Waals surface area contributed by atoms with Crippen molar-refractivity contribution in [3.05, 3.63) is 35.9 Å². The van der Waals surface area contributed by atoms with Crippen molar-refractivity contribution in [2.45, 2.75) is 25.3 Å². The Morgan fingerprint density at radius 3 is 3.18 bits per heavy atom. The Balaban J connectivity index is 2.02. The molecule has 1 fully saturated rings. The average Bonchev–Trinajstić information content (AvgIpc) is 2.82. The van der Waals surface area contributed by atoms with Crippen molar-refractivity contribution in [2.24, 2.45) is 5.73 Å². The molecule has 17 heavy (non-hydrogen) atoms. The summed E-state index contributed by atoms with van der Waals surface area (Å²) >= 11 is 0. The highest BCUT2D eigenvalue weighted by molar-refractivity contribution is 5.47. The third kappa shape index (κ3) is 1.94. The van der Waals surface area contributed by atoms with Gasteiger partial charge in [-0.2, -0.15) is 0 Å². The third-order valence-electron chi connectivity index (χ3n) is 3.51. The summed E-state index contributed by atoms with van der Waals surface area (Å²) < 4.78 is 2.19. The van der Waals surface area contributed by atoms with Gasteiger partial charge in [0.1, 0.15) is 5.82 Å². The Kier molecular flexibility index (Phi) is 2.82. The van der Waals surface area contributed by atoms with Crippen LogP contribution in [0.5, 0.6) is 0 Å². The number of aromatic nitrogens is 2. The lowest BCUT2D eigenvalue weighted by Crippen LogP contribution is -2.29. The fourth-order valence-corrected chi connectivity index (χ4v) is 2.55. The lowest BCUT2D eigenvalue weighted by atomic mass is 9.99. The maximum atomic E-state index is 5.69. The Hall–Kier alpha value is -1.39. The van der Waals surface area contributed by atoms with Gasteiger partial charge in [0.25, 0.3) is 0 Å². The molecule has 3 rings (SSSR count). The second kappa shape index (κ2) is 4.47. The van der Waals surface area contributed by atoms with Crippen LogP contribution in [0.1, 0.15) is 30.1 Å². The van der Waals surface area contributed by atoms with Crippen molar-refractivity contribution in [1.29, 1.82) is 0 Å². The molecule has 90 valence electrons. The number of nitrogens with zero attached hydrogens (tertiary/aromatic N) is 2. The molecule has 2 aromatic rings. The summed E-state index contributed by atoms with van der Waals surface area (Å²) in [4.78, 5) is 4.58. The van der Waals surface area contributed by atoms with E-state index in [1.807, 2.05) is 6.20 Å². The Labute approximate surface area is 101 Å². The molecule has 1 unspecified atom stereocenters. The highest BCUT2D eigenvalue weighted by atomic mass is 15.0. The van der Waals surface area contributed by atoms with Crippen molar-refractivity contribution in [1.82, 2.24) is 14.7 Å². The lowest BCUT2D eigenvalue weighted by molar-refractivity contribution is 0.445. The summed E-state index contributed by atoms with van der Waals surface area (Å²) in [6, 6.07) is 4.16. The van der Waals surface area contributed by atoms with E-state index in [0.717, 1.165) is 24.2 Å². The fourth-order valence-electron chi connectivity index (χ4n) is 2.55. The van der Waals surface area contributed by atoms with Crippen LogP contribution in [0.2, 0.25) is 0 Å². The molecular weight excluding hydrogens is 212 g/mol. The first-order chi connectivity index (χ1) is 8.38. The number of hydrogen-bond acceptors (Lipinski definition) is 3. The normalized spacial score (nSPS) is 20.9. The lowest BCUT2D eigenvalue weighted by Gasteiger charge is -2.21. The first kappa shape index (κ1) is 10.7. The summed E-state index contributed by atoms with van der Waals surface area (Å²) in [5, 5.41) is 3.44. The van der Waals surface area contributed by atoms with Gasteiger partial charge in [-0.25, -0.2) is 4.98 Å². The van der Waals surface area contributed by atoms with Crippen LogP contribution in [0.3, 0.4) is 0 Å². The minimum absolute atomic E-state index is 0.527. The molecule has 4 nitrogen and oxygen atoms in total. The van der Waals surface area contributed by atoms with E-state index in [1.54, 1.807) is 0 Å². The van der Waals surface area contributed by atoms with E-state index in [1.165, 1.54) is 18.7 Å². The zero-order valence-corrected chi connectivity index (χ0v) is 9.89. The summed E-state index contributed by atoms with van der Waals surface area (Å²) in [6.45, 7) is 2.75. The van der Waals surface area contributed by atoms with Gasteiger partial charge < -0.3 is 15.5 Å². The minimum atomic E-state index is 0.527. The second-order valence-corrected chi connectivity index (χ2v) is 4.70. The van der Waals surface area contributed by atoms with E-state index >= 15 is 0 Å². The zero-order chi connectivity index (χ0) is 11.7. The molecular formula is C13H18N4. The van der Waals surface area contributed by atoms with Crippen LogP contribution < -0.4 is 11.1 Å². The van der Waals surface area contributed by atoms with Crippen LogP contribution in [0.15, 0.2) is 24.5 Å². The molecule has 1 aliphatic rings. The predicted octanol–water partition coefficient (Wildman–Crippen LogP) is 1.26. The molecule has 0 bridgehead atoms. The number of nitrogens with two attached hydrogens (primary N) is 1. The monoisotopic (exact) mass is 230 g/mol. The van der Waals surface area contributed by atoms with Gasteiger partial charge in [0.15, 0.2) is 0 Å². The number of nitrogens with one attached hydrogen (secondary N) is 1. The van der Waals surface area contributed by atoms with E-state index in [9.17, 15) is 0 Å². The number of fused-ring (bicyclic) bond motifs is 1. The molecule has 4 heteroatoms. The summed E-state index contributed by atoms with van der Waals surface area (Å²) in [6.07, 6.45) is 6.52.